The Bertz CT molecular complexity index is 278. The molecule has 5 nitrogen and oxygen atoms in total. The summed E-state index contributed by atoms with van der Waals surface area (Å²) in [5.74, 6) is -0.399. The summed E-state index contributed by atoms with van der Waals surface area (Å²) in [4.78, 5) is 11.6. The third-order valence-electron chi connectivity index (χ3n) is 3.64. The number of esters is 1. The highest BCUT2D eigenvalue weighted by Crippen LogP contribution is 2.25. The van der Waals surface area contributed by atoms with Gasteiger partial charge in [-0.2, -0.15) is 0 Å². The summed E-state index contributed by atoms with van der Waals surface area (Å²) in [5.41, 5.74) is 5.65. The van der Waals surface area contributed by atoms with Crippen molar-refractivity contribution in [3.05, 3.63) is 0 Å². The molecule has 1 aliphatic heterocycles. The van der Waals surface area contributed by atoms with E-state index in [9.17, 15) is 4.79 Å². The van der Waals surface area contributed by atoms with Gasteiger partial charge in [0.05, 0.1) is 18.8 Å². The Kier molecular flexibility index (Phi) is 4.97. The molecule has 0 bridgehead atoms. The zero-order valence-corrected chi connectivity index (χ0v) is 11.0. The van der Waals surface area contributed by atoms with Gasteiger partial charge in [-0.05, 0) is 19.8 Å². The smallest absolute Gasteiger partial charge is 0.325 e. The summed E-state index contributed by atoms with van der Waals surface area (Å²) in [6.07, 6.45) is 5.39. The Balaban J connectivity index is 1.92. The van der Waals surface area contributed by atoms with Crippen LogP contribution in [0, 0.1) is 0 Å². The third kappa shape index (κ3) is 3.67. The maximum absolute atomic E-state index is 11.6. The molecule has 0 aromatic carbocycles. The number of carbonyl (C=O) groups is 1. The lowest BCUT2D eigenvalue weighted by molar-refractivity contribution is -0.160. The summed E-state index contributed by atoms with van der Waals surface area (Å²) in [7, 11) is 0. The lowest BCUT2D eigenvalue weighted by Crippen LogP contribution is -2.40. The topological polar surface area (TPSA) is 70.8 Å². The SMILES string of the molecule is C[C@@H]1OC(=O)[C@@H](N)COCC[C@H]1OC1CCCC1. The fraction of sp³-hybridized carbons (Fsp3) is 0.923. The Hall–Kier alpha value is -0.650. The van der Waals surface area contributed by atoms with Crippen molar-refractivity contribution in [3.8, 4) is 0 Å². The van der Waals surface area contributed by atoms with Gasteiger partial charge in [0.1, 0.15) is 12.1 Å². The van der Waals surface area contributed by atoms with Crippen LogP contribution in [0.25, 0.3) is 0 Å². The second-order valence-corrected chi connectivity index (χ2v) is 5.19. The average Bonchev–Trinajstić information content (AvgIpc) is 2.85. The Morgan fingerprint density at radius 1 is 1.28 bits per heavy atom. The first-order chi connectivity index (χ1) is 8.66. The number of carbonyl (C=O) groups excluding carboxylic acids is 1. The van der Waals surface area contributed by atoms with E-state index in [1.54, 1.807) is 0 Å². The molecule has 1 saturated carbocycles. The van der Waals surface area contributed by atoms with Crippen LogP contribution in [-0.4, -0.2) is 43.5 Å². The lowest BCUT2D eigenvalue weighted by atomic mass is 10.1. The van der Waals surface area contributed by atoms with Crippen LogP contribution in [0.15, 0.2) is 0 Å². The first kappa shape index (κ1) is 13.8. The van der Waals surface area contributed by atoms with Gasteiger partial charge >= 0.3 is 5.97 Å². The Morgan fingerprint density at radius 2 is 2.00 bits per heavy atom. The quantitative estimate of drug-likeness (QED) is 0.747. The highest BCUT2D eigenvalue weighted by molar-refractivity contribution is 5.75. The van der Waals surface area contributed by atoms with Gasteiger partial charge in [-0.1, -0.05) is 12.8 Å². The van der Waals surface area contributed by atoms with Crippen LogP contribution in [0.4, 0.5) is 0 Å². The Labute approximate surface area is 108 Å². The molecule has 0 aromatic rings. The minimum atomic E-state index is -0.683. The molecule has 0 unspecified atom stereocenters. The molecule has 2 N–H and O–H groups in total. The highest BCUT2D eigenvalue weighted by atomic mass is 16.6. The van der Waals surface area contributed by atoms with Crippen LogP contribution < -0.4 is 5.73 Å². The third-order valence-corrected chi connectivity index (χ3v) is 3.64. The van der Waals surface area contributed by atoms with E-state index in [4.69, 9.17) is 19.9 Å². The van der Waals surface area contributed by atoms with Crippen molar-refractivity contribution in [2.45, 2.75) is 63.4 Å². The van der Waals surface area contributed by atoms with Crippen molar-refractivity contribution in [3.63, 3.8) is 0 Å². The van der Waals surface area contributed by atoms with Crippen LogP contribution in [0.3, 0.4) is 0 Å². The minimum Gasteiger partial charge on any atom is -0.459 e. The molecule has 0 amide bonds. The van der Waals surface area contributed by atoms with Crippen LogP contribution in [-0.2, 0) is 19.0 Å². The maximum Gasteiger partial charge on any atom is 0.325 e. The normalized spacial score (nSPS) is 35.7. The fourth-order valence-electron chi connectivity index (χ4n) is 2.51. The van der Waals surface area contributed by atoms with Crippen molar-refractivity contribution in [1.82, 2.24) is 0 Å². The van der Waals surface area contributed by atoms with Crippen LogP contribution in [0.5, 0.6) is 0 Å². The number of rotatable bonds is 2. The molecule has 5 heteroatoms. The molecule has 0 spiro atoms. The fourth-order valence-corrected chi connectivity index (χ4v) is 2.51. The van der Waals surface area contributed by atoms with Crippen molar-refractivity contribution in [1.29, 1.82) is 0 Å². The van der Waals surface area contributed by atoms with Gasteiger partial charge in [0.15, 0.2) is 0 Å². The first-order valence-electron chi connectivity index (χ1n) is 6.86. The van der Waals surface area contributed by atoms with Gasteiger partial charge in [-0.25, -0.2) is 0 Å². The minimum absolute atomic E-state index is 0.0812. The van der Waals surface area contributed by atoms with Crippen molar-refractivity contribution >= 4 is 5.97 Å². The average molecular weight is 257 g/mol. The van der Waals surface area contributed by atoms with E-state index in [2.05, 4.69) is 0 Å². The van der Waals surface area contributed by atoms with Gasteiger partial charge in [0.25, 0.3) is 0 Å². The molecule has 1 saturated heterocycles. The molecule has 1 heterocycles. The predicted octanol–water partition coefficient (Wildman–Crippen LogP) is 0.993. The molecular weight excluding hydrogens is 234 g/mol. The van der Waals surface area contributed by atoms with E-state index in [1.165, 1.54) is 12.8 Å². The summed E-state index contributed by atoms with van der Waals surface area (Å²) in [5, 5.41) is 0. The van der Waals surface area contributed by atoms with Crippen molar-refractivity contribution in [2.24, 2.45) is 5.73 Å². The van der Waals surface area contributed by atoms with Gasteiger partial charge in [-0.15, -0.1) is 0 Å². The molecule has 0 aromatic heterocycles. The van der Waals surface area contributed by atoms with Crippen LogP contribution in [0.2, 0.25) is 0 Å². The first-order valence-corrected chi connectivity index (χ1v) is 6.86. The molecule has 2 fully saturated rings. The van der Waals surface area contributed by atoms with Crippen LogP contribution >= 0.6 is 0 Å². The van der Waals surface area contributed by atoms with Gasteiger partial charge in [0.2, 0.25) is 0 Å². The number of hydrogen-bond acceptors (Lipinski definition) is 5. The molecule has 3 atom stereocenters. The monoisotopic (exact) mass is 257 g/mol. The largest absolute Gasteiger partial charge is 0.459 e. The zero-order valence-electron chi connectivity index (χ0n) is 11.0. The molecular formula is C13H23NO4. The Morgan fingerprint density at radius 3 is 2.72 bits per heavy atom. The summed E-state index contributed by atoms with van der Waals surface area (Å²) in [6.45, 7) is 2.66. The molecule has 104 valence electrons. The maximum atomic E-state index is 11.6. The van der Waals surface area contributed by atoms with E-state index >= 15 is 0 Å². The zero-order chi connectivity index (χ0) is 13.0. The lowest BCUT2D eigenvalue weighted by Gasteiger charge is -2.26. The number of hydrogen-bond donors (Lipinski definition) is 1. The second-order valence-electron chi connectivity index (χ2n) is 5.19. The predicted molar refractivity (Wildman–Crippen MR) is 66.1 cm³/mol. The van der Waals surface area contributed by atoms with E-state index in [0.29, 0.717) is 12.7 Å². The number of nitrogens with two attached hydrogens (primary N) is 1. The molecule has 2 rings (SSSR count). The van der Waals surface area contributed by atoms with Crippen LogP contribution in [0.1, 0.15) is 39.0 Å². The summed E-state index contributed by atoms with van der Waals surface area (Å²) < 4.78 is 16.8. The van der Waals surface area contributed by atoms with E-state index < -0.39 is 12.0 Å². The second kappa shape index (κ2) is 6.50. The number of ether oxygens (including phenoxy) is 3. The van der Waals surface area contributed by atoms with Gasteiger partial charge in [0, 0.05) is 13.0 Å². The summed E-state index contributed by atoms with van der Waals surface area (Å²) >= 11 is 0. The van der Waals surface area contributed by atoms with E-state index in [1.807, 2.05) is 6.92 Å². The molecule has 0 radical (unpaired) electrons. The summed E-state index contributed by atoms with van der Waals surface area (Å²) in [6, 6.07) is -0.683. The standard InChI is InChI=1S/C13H23NO4/c1-9-12(18-10-4-2-3-5-10)6-7-16-8-11(14)13(15)17-9/h9-12H,2-8,14H2,1H3/t9-,11-,12+/m0/s1. The molecule has 1 aliphatic carbocycles. The van der Waals surface area contributed by atoms with Crippen molar-refractivity contribution in [2.75, 3.05) is 13.2 Å². The van der Waals surface area contributed by atoms with Crippen molar-refractivity contribution < 1.29 is 19.0 Å². The van der Waals surface area contributed by atoms with E-state index in [-0.39, 0.29) is 18.8 Å². The molecule has 18 heavy (non-hydrogen) atoms. The van der Waals surface area contributed by atoms with Gasteiger partial charge in [-0.3, -0.25) is 4.79 Å². The molecule has 2 aliphatic rings. The number of cyclic esters (lactones) is 1. The van der Waals surface area contributed by atoms with Gasteiger partial charge < -0.3 is 19.9 Å². The highest BCUT2D eigenvalue weighted by Gasteiger charge is 2.29. The van der Waals surface area contributed by atoms with E-state index in [0.717, 1.165) is 19.3 Å².